The number of amides is 1. The summed E-state index contributed by atoms with van der Waals surface area (Å²) in [4.78, 5) is 26.1. The van der Waals surface area contributed by atoms with Crippen molar-refractivity contribution < 1.29 is 4.79 Å². The lowest BCUT2D eigenvalue weighted by molar-refractivity contribution is -0.128. The molecule has 17 heavy (non-hydrogen) atoms. The molecule has 1 amide bonds. The first-order chi connectivity index (χ1) is 8.01. The van der Waals surface area contributed by atoms with E-state index in [1.807, 2.05) is 13.8 Å². The van der Waals surface area contributed by atoms with Crippen LogP contribution in [0, 0.1) is 16.2 Å². The van der Waals surface area contributed by atoms with Crippen molar-refractivity contribution in [3.05, 3.63) is 17.6 Å². The maximum atomic E-state index is 11.8. The molecular formula is C10H17N5O2. The smallest absolute Gasteiger partial charge is 0.225 e. The second-order valence-corrected chi connectivity index (χ2v) is 4.56. The largest absolute Gasteiger partial charge is 0.359 e. The molecule has 1 atom stereocenters. The Bertz CT molecular complexity index is 374. The van der Waals surface area contributed by atoms with Crippen molar-refractivity contribution in [3.63, 3.8) is 0 Å². The van der Waals surface area contributed by atoms with Crippen LogP contribution in [0.2, 0.25) is 0 Å². The van der Waals surface area contributed by atoms with E-state index in [0.717, 1.165) is 0 Å². The Morgan fingerprint density at radius 1 is 1.59 bits per heavy atom. The third-order valence-electron chi connectivity index (χ3n) is 2.81. The minimum atomic E-state index is -0.520. The van der Waals surface area contributed by atoms with Crippen LogP contribution >= 0.6 is 0 Å². The second kappa shape index (κ2) is 5.51. The first-order valence-corrected chi connectivity index (χ1v) is 5.34. The Labute approximate surface area is 99.6 Å². The Balaban J connectivity index is 2.87. The van der Waals surface area contributed by atoms with Gasteiger partial charge in [-0.25, -0.2) is 4.98 Å². The summed E-state index contributed by atoms with van der Waals surface area (Å²) in [6.07, 6.45) is 2.95. The number of aromatic nitrogens is 3. The summed E-state index contributed by atoms with van der Waals surface area (Å²) < 4.78 is 1.58. The average molecular weight is 239 g/mol. The van der Waals surface area contributed by atoms with E-state index in [0.29, 0.717) is 6.54 Å². The highest BCUT2D eigenvalue weighted by Gasteiger charge is 2.35. The van der Waals surface area contributed by atoms with E-state index in [-0.39, 0.29) is 18.4 Å². The van der Waals surface area contributed by atoms with Gasteiger partial charge in [0.2, 0.25) is 5.91 Å². The molecule has 0 spiro atoms. The lowest BCUT2D eigenvalue weighted by Gasteiger charge is -2.30. The number of carbonyl (C=O) groups is 1. The summed E-state index contributed by atoms with van der Waals surface area (Å²) in [6.45, 7) is 4.14. The van der Waals surface area contributed by atoms with Crippen LogP contribution in [0.4, 0.5) is 0 Å². The highest BCUT2D eigenvalue weighted by Crippen LogP contribution is 2.28. The standard InChI is InChI=1S/C10H17N5O2/c1-10(2,5-14-17)8(9(16)11-3)4-15-7-12-6-13-15/h6-8H,4-5H2,1-3H3,(H,11,16). The lowest BCUT2D eigenvalue weighted by atomic mass is 9.78. The van der Waals surface area contributed by atoms with Crippen molar-refractivity contribution in [2.24, 2.45) is 16.5 Å². The second-order valence-electron chi connectivity index (χ2n) is 4.56. The Morgan fingerprint density at radius 3 is 2.76 bits per heavy atom. The van der Waals surface area contributed by atoms with Gasteiger partial charge in [0, 0.05) is 12.5 Å². The summed E-state index contributed by atoms with van der Waals surface area (Å²) in [5.41, 5.74) is -0.520. The normalized spacial score (nSPS) is 13.1. The molecule has 0 saturated heterocycles. The summed E-state index contributed by atoms with van der Waals surface area (Å²) in [5, 5.41) is 9.46. The summed E-state index contributed by atoms with van der Waals surface area (Å²) in [5.74, 6) is -0.513. The first-order valence-electron chi connectivity index (χ1n) is 5.34. The van der Waals surface area contributed by atoms with Crippen molar-refractivity contribution in [1.29, 1.82) is 0 Å². The van der Waals surface area contributed by atoms with Crippen molar-refractivity contribution in [1.82, 2.24) is 20.1 Å². The molecule has 1 N–H and O–H groups in total. The first kappa shape index (κ1) is 13.3. The van der Waals surface area contributed by atoms with Crippen molar-refractivity contribution in [2.45, 2.75) is 20.4 Å². The van der Waals surface area contributed by atoms with E-state index >= 15 is 0 Å². The van der Waals surface area contributed by atoms with Gasteiger partial charge in [-0.05, 0) is 0 Å². The highest BCUT2D eigenvalue weighted by molar-refractivity contribution is 5.79. The molecule has 0 aromatic carbocycles. The van der Waals surface area contributed by atoms with E-state index < -0.39 is 5.41 Å². The molecule has 94 valence electrons. The van der Waals surface area contributed by atoms with Gasteiger partial charge in [0.25, 0.3) is 0 Å². The third-order valence-corrected chi connectivity index (χ3v) is 2.81. The maximum Gasteiger partial charge on any atom is 0.225 e. The molecule has 0 saturated carbocycles. The highest BCUT2D eigenvalue weighted by atomic mass is 16.3. The molecule has 7 heteroatoms. The predicted molar refractivity (Wildman–Crippen MR) is 62.0 cm³/mol. The summed E-state index contributed by atoms with van der Waals surface area (Å²) in [7, 11) is 1.57. The van der Waals surface area contributed by atoms with Gasteiger partial charge in [-0.1, -0.05) is 19.0 Å². The van der Waals surface area contributed by atoms with Crippen LogP contribution in [-0.4, -0.2) is 34.3 Å². The molecule has 1 heterocycles. The van der Waals surface area contributed by atoms with E-state index in [4.69, 9.17) is 0 Å². The molecule has 0 radical (unpaired) electrons. The zero-order valence-electron chi connectivity index (χ0n) is 10.3. The van der Waals surface area contributed by atoms with Crippen LogP contribution in [0.5, 0.6) is 0 Å². The molecular weight excluding hydrogens is 222 g/mol. The SMILES string of the molecule is CNC(=O)C(Cn1cncn1)C(C)(C)CN=O. The van der Waals surface area contributed by atoms with E-state index in [1.54, 1.807) is 18.1 Å². The van der Waals surface area contributed by atoms with Gasteiger partial charge in [-0.3, -0.25) is 9.48 Å². The zero-order chi connectivity index (χ0) is 12.9. The number of carbonyl (C=O) groups excluding carboxylic acids is 1. The molecule has 0 bridgehead atoms. The number of rotatable bonds is 6. The van der Waals surface area contributed by atoms with Crippen LogP contribution in [0.25, 0.3) is 0 Å². The van der Waals surface area contributed by atoms with Gasteiger partial charge in [-0.15, -0.1) is 0 Å². The van der Waals surface area contributed by atoms with Gasteiger partial charge < -0.3 is 5.32 Å². The fourth-order valence-corrected chi connectivity index (χ4v) is 1.65. The van der Waals surface area contributed by atoms with Gasteiger partial charge in [0.05, 0.1) is 19.0 Å². The predicted octanol–water partition coefficient (Wildman–Crippen LogP) is 0.433. The fourth-order valence-electron chi connectivity index (χ4n) is 1.65. The monoisotopic (exact) mass is 239 g/mol. The van der Waals surface area contributed by atoms with E-state index in [2.05, 4.69) is 20.6 Å². The number of nitroso groups, excluding NO2 is 1. The molecule has 1 unspecified atom stereocenters. The summed E-state index contributed by atoms with van der Waals surface area (Å²) in [6, 6.07) is 0. The molecule has 0 aliphatic rings. The maximum absolute atomic E-state index is 11.8. The molecule has 0 aliphatic heterocycles. The zero-order valence-corrected chi connectivity index (χ0v) is 10.3. The Kier molecular flexibility index (Phi) is 4.30. The van der Waals surface area contributed by atoms with Crippen LogP contribution in [0.1, 0.15) is 13.8 Å². The van der Waals surface area contributed by atoms with Gasteiger partial charge in [0.1, 0.15) is 12.7 Å². The quantitative estimate of drug-likeness (QED) is 0.729. The number of nitrogens with zero attached hydrogens (tertiary/aromatic N) is 4. The van der Waals surface area contributed by atoms with Crippen molar-refractivity contribution >= 4 is 5.91 Å². The third kappa shape index (κ3) is 3.33. The fraction of sp³-hybridized carbons (Fsp3) is 0.700. The topological polar surface area (TPSA) is 89.2 Å². The van der Waals surface area contributed by atoms with Gasteiger partial charge in [-0.2, -0.15) is 10.0 Å². The minimum Gasteiger partial charge on any atom is -0.359 e. The molecule has 0 aliphatic carbocycles. The Hall–Kier alpha value is -1.79. The Morgan fingerprint density at radius 2 is 2.29 bits per heavy atom. The summed E-state index contributed by atoms with van der Waals surface area (Å²) >= 11 is 0. The minimum absolute atomic E-state index is 0.0831. The van der Waals surface area contributed by atoms with Crippen LogP contribution in [0.15, 0.2) is 17.8 Å². The van der Waals surface area contributed by atoms with Gasteiger partial charge >= 0.3 is 0 Å². The van der Waals surface area contributed by atoms with Crippen molar-refractivity contribution in [2.75, 3.05) is 13.6 Å². The molecule has 0 fully saturated rings. The van der Waals surface area contributed by atoms with E-state index in [1.165, 1.54) is 6.33 Å². The molecule has 1 aromatic rings. The number of hydrogen-bond acceptors (Lipinski definition) is 5. The van der Waals surface area contributed by atoms with Gasteiger partial charge in [0.15, 0.2) is 0 Å². The molecule has 7 nitrogen and oxygen atoms in total. The van der Waals surface area contributed by atoms with Crippen LogP contribution in [-0.2, 0) is 11.3 Å². The van der Waals surface area contributed by atoms with Crippen LogP contribution in [0.3, 0.4) is 0 Å². The molecule has 1 aromatic heterocycles. The lowest BCUT2D eigenvalue weighted by Crippen LogP contribution is -2.41. The average Bonchev–Trinajstić information content (AvgIpc) is 2.77. The molecule has 1 rings (SSSR count). The number of nitrogens with one attached hydrogen (secondary N) is 1. The van der Waals surface area contributed by atoms with Crippen molar-refractivity contribution in [3.8, 4) is 0 Å². The van der Waals surface area contributed by atoms with Crippen LogP contribution < -0.4 is 5.32 Å². The number of hydrogen-bond donors (Lipinski definition) is 1. The van der Waals surface area contributed by atoms with E-state index in [9.17, 15) is 9.70 Å².